The SMILES string of the molecule is Cn1cnc(S(=O)(=O)N2CCCC(C(=O)NCCC3=CCCCC3)C2)c1. The molecular formula is C18H28N4O3S. The number of aromatic nitrogens is 2. The van der Waals surface area contributed by atoms with E-state index in [-0.39, 0.29) is 23.4 Å². The fourth-order valence-electron chi connectivity index (χ4n) is 3.65. The first kappa shape index (κ1) is 19.1. The van der Waals surface area contributed by atoms with Gasteiger partial charge < -0.3 is 9.88 Å². The van der Waals surface area contributed by atoms with E-state index in [1.54, 1.807) is 11.6 Å². The van der Waals surface area contributed by atoms with Crippen LogP contribution in [0, 0.1) is 5.92 Å². The average Bonchev–Trinajstić information content (AvgIpc) is 3.10. The molecule has 1 atom stereocenters. The maximum atomic E-state index is 12.7. The molecule has 2 heterocycles. The Morgan fingerprint density at radius 2 is 2.19 bits per heavy atom. The summed E-state index contributed by atoms with van der Waals surface area (Å²) in [5, 5.41) is 3.04. The Bertz CT molecular complexity index is 769. The highest BCUT2D eigenvalue weighted by atomic mass is 32.2. The molecule has 1 saturated heterocycles. The van der Waals surface area contributed by atoms with Crippen LogP contribution in [0.4, 0.5) is 0 Å². The van der Waals surface area contributed by atoms with Crippen LogP contribution in [0.15, 0.2) is 29.2 Å². The van der Waals surface area contributed by atoms with Crippen molar-refractivity contribution in [1.82, 2.24) is 19.2 Å². The Morgan fingerprint density at radius 1 is 1.35 bits per heavy atom. The van der Waals surface area contributed by atoms with E-state index in [9.17, 15) is 13.2 Å². The number of aryl methyl sites for hydroxylation is 1. The topological polar surface area (TPSA) is 84.3 Å². The number of allylic oxidation sites excluding steroid dienone is 1. The number of nitrogens with one attached hydrogen (secondary N) is 1. The zero-order valence-corrected chi connectivity index (χ0v) is 16.2. The Kier molecular flexibility index (Phi) is 6.13. The molecule has 0 saturated carbocycles. The monoisotopic (exact) mass is 380 g/mol. The Morgan fingerprint density at radius 3 is 2.88 bits per heavy atom. The number of hydrogen-bond donors (Lipinski definition) is 1. The van der Waals surface area contributed by atoms with E-state index in [2.05, 4.69) is 16.4 Å². The number of carbonyl (C=O) groups excluding carboxylic acids is 1. The van der Waals surface area contributed by atoms with Crippen LogP contribution >= 0.6 is 0 Å². The van der Waals surface area contributed by atoms with E-state index in [0.29, 0.717) is 19.5 Å². The zero-order chi connectivity index (χ0) is 18.6. The molecule has 1 N–H and O–H groups in total. The van der Waals surface area contributed by atoms with Gasteiger partial charge in [-0.2, -0.15) is 4.31 Å². The lowest BCUT2D eigenvalue weighted by atomic mass is 9.96. The van der Waals surface area contributed by atoms with Crippen molar-refractivity contribution >= 4 is 15.9 Å². The van der Waals surface area contributed by atoms with Crippen LogP contribution in [-0.2, 0) is 21.9 Å². The second-order valence-corrected chi connectivity index (χ2v) is 9.11. The predicted octanol–water partition coefficient (Wildman–Crippen LogP) is 1.83. The largest absolute Gasteiger partial charge is 0.356 e. The van der Waals surface area contributed by atoms with Gasteiger partial charge in [-0.3, -0.25) is 4.79 Å². The lowest BCUT2D eigenvalue weighted by Gasteiger charge is -2.30. The minimum absolute atomic E-state index is 0.0395. The van der Waals surface area contributed by atoms with Crippen molar-refractivity contribution in [1.29, 1.82) is 0 Å². The van der Waals surface area contributed by atoms with E-state index in [1.807, 2.05) is 0 Å². The summed E-state index contributed by atoms with van der Waals surface area (Å²) in [6.45, 7) is 1.30. The third-order valence-corrected chi connectivity index (χ3v) is 6.92. The number of imidazole rings is 1. The molecule has 0 spiro atoms. The van der Waals surface area contributed by atoms with E-state index < -0.39 is 10.0 Å². The molecule has 3 rings (SSSR count). The van der Waals surface area contributed by atoms with Crippen molar-refractivity contribution < 1.29 is 13.2 Å². The van der Waals surface area contributed by atoms with Crippen LogP contribution in [-0.4, -0.2) is 47.8 Å². The molecule has 0 bridgehead atoms. The van der Waals surface area contributed by atoms with Gasteiger partial charge in [0.2, 0.25) is 5.91 Å². The summed E-state index contributed by atoms with van der Waals surface area (Å²) < 4.78 is 28.4. The van der Waals surface area contributed by atoms with Gasteiger partial charge in [-0.1, -0.05) is 11.6 Å². The molecule has 0 aromatic carbocycles. The third-order valence-electron chi connectivity index (χ3n) is 5.17. The van der Waals surface area contributed by atoms with Gasteiger partial charge in [-0.15, -0.1) is 0 Å². The maximum Gasteiger partial charge on any atom is 0.262 e. The number of carbonyl (C=O) groups is 1. The summed E-state index contributed by atoms with van der Waals surface area (Å²) in [5.41, 5.74) is 1.43. The van der Waals surface area contributed by atoms with Gasteiger partial charge in [0.15, 0.2) is 5.03 Å². The smallest absolute Gasteiger partial charge is 0.262 e. The normalized spacial score (nSPS) is 22.0. The molecule has 1 aromatic rings. The molecule has 1 aliphatic carbocycles. The van der Waals surface area contributed by atoms with E-state index in [4.69, 9.17) is 0 Å². The first-order valence-corrected chi connectivity index (χ1v) is 10.8. The van der Waals surface area contributed by atoms with Crippen LogP contribution in [0.25, 0.3) is 0 Å². The number of piperidine rings is 1. The van der Waals surface area contributed by atoms with Gasteiger partial charge in [0.05, 0.1) is 12.2 Å². The molecule has 7 nitrogen and oxygen atoms in total. The number of rotatable bonds is 6. The van der Waals surface area contributed by atoms with Gasteiger partial charge in [0, 0.05) is 32.9 Å². The molecule has 26 heavy (non-hydrogen) atoms. The first-order chi connectivity index (χ1) is 12.5. The van der Waals surface area contributed by atoms with Gasteiger partial charge in [0.25, 0.3) is 10.0 Å². The lowest BCUT2D eigenvalue weighted by molar-refractivity contribution is -0.126. The van der Waals surface area contributed by atoms with E-state index in [1.165, 1.54) is 35.2 Å². The fraction of sp³-hybridized carbons (Fsp3) is 0.667. The summed E-state index contributed by atoms with van der Waals surface area (Å²) in [6.07, 6.45) is 12.4. The highest BCUT2D eigenvalue weighted by molar-refractivity contribution is 7.89. The highest BCUT2D eigenvalue weighted by Gasteiger charge is 2.34. The summed E-state index contributed by atoms with van der Waals surface area (Å²) in [6, 6.07) is 0. The Labute approximate surface area is 155 Å². The van der Waals surface area contributed by atoms with E-state index >= 15 is 0 Å². The first-order valence-electron chi connectivity index (χ1n) is 9.40. The molecular weight excluding hydrogens is 352 g/mol. The maximum absolute atomic E-state index is 12.7. The number of nitrogens with zero attached hydrogens (tertiary/aromatic N) is 3. The van der Waals surface area contributed by atoms with Crippen LogP contribution in [0.2, 0.25) is 0 Å². The lowest BCUT2D eigenvalue weighted by Crippen LogP contribution is -2.45. The van der Waals surface area contributed by atoms with Gasteiger partial charge in [0.1, 0.15) is 0 Å². The minimum Gasteiger partial charge on any atom is -0.356 e. The molecule has 1 amide bonds. The molecule has 1 unspecified atom stereocenters. The third kappa shape index (κ3) is 4.54. The number of amides is 1. The van der Waals surface area contributed by atoms with Crippen molar-refractivity contribution in [3.63, 3.8) is 0 Å². The summed E-state index contributed by atoms with van der Waals surface area (Å²) in [7, 11) is -1.90. The van der Waals surface area contributed by atoms with Crippen LogP contribution in [0.1, 0.15) is 44.9 Å². The fourth-order valence-corrected chi connectivity index (χ4v) is 5.14. The van der Waals surface area contributed by atoms with Crippen LogP contribution in [0.3, 0.4) is 0 Å². The average molecular weight is 381 g/mol. The van der Waals surface area contributed by atoms with Crippen molar-refractivity contribution in [3.05, 3.63) is 24.2 Å². The zero-order valence-electron chi connectivity index (χ0n) is 15.4. The number of sulfonamides is 1. The van der Waals surface area contributed by atoms with Gasteiger partial charge in [-0.05, 0) is 44.9 Å². The molecule has 144 valence electrons. The predicted molar refractivity (Wildman–Crippen MR) is 98.9 cm³/mol. The minimum atomic E-state index is -3.63. The molecule has 1 aromatic heterocycles. The summed E-state index contributed by atoms with van der Waals surface area (Å²) in [5.74, 6) is -0.329. The standard InChI is InChI=1S/C18H28N4O3S/c1-21-13-17(20-14-21)26(24,25)22-11-5-8-16(12-22)18(23)19-10-9-15-6-3-2-4-7-15/h6,13-14,16H,2-5,7-12H2,1H3,(H,19,23). The molecule has 1 fully saturated rings. The van der Waals surface area contributed by atoms with Gasteiger partial charge >= 0.3 is 0 Å². The van der Waals surface area contributed by atoms with Crippen molar-refractivity contribution in [2.45, 2.75) is 50.0 Å². The van der Waals surface area contributed by atoms with E-state index in [0.717, 1.165) is 25.7 Å². The summed E-state index contributed by atoms with van der Waals surface area (Å²) in [4.78, 5) is 16.4. The van der Waals surface area contributed by atoms with Crippen molar-refractivity contribution in [2.75, 3.05) is 19.6 Å². The molecule has 8 heteroatoms. The number of hydrogen-bond acceptors (Lipinski definition) is 4. The Hall–Kier alpha value is -1.67. The second-order valence-electron chi connectivity index (χ2n) is 7.23. The van der Waals surface area contributed by atoms with Gasteiger partial charge in [-0.25, -0.2) is 13.4 Å². The second kappa shape index (κ2) is 8.35. The van der Waals surface area contributed by atoms with Crippen molar-refractivity contribution in [3.8, 4) is 0 Å². The van der Waals surface area contributed by atoms with Crippen molar-refractivity contribution in [2.24, 2.45) is 13.0 Å². The van der Waals surface area contributed by atoms with Crippen LogP contribution in [0.5, 0.6) is 0 Å². The quantitative estimate of drug-likeness (QED) is 0.763. The Balaban J connectivity index is 1.54. The van der Waals surface area contributed by atoms with Crippen LogP contribution < -0.4 is 5.32 Å². The highest BCUT2D eigenvalue weighted by Crippen LogP contribution is 2.23. The molecule has 0 radical (unpaired) electrons. The molecule has 2 aliphatic rings. The summed E-state index contributed by atoms with van der Waals surface area (Å²) >= 11 is 0. The molecule has 1 aliphatic heterocycles.